The van der Waals surface area contributed by atoms with Crippen LogP contribution in [0.4, 0.5) is 0 Å². The molecule has 0 fully saturated rings. The molecule has 0 unspecified atom stereocenters. The lowest BCUT2D eigenvalue weighted by molar-refractivity contribution is -0.138. The molecule has 1 atom stereocenters. The summed E-state index contributed by atoms with van der Waals surface area (Å²) in [5.74, 6) is 0.611. The largest absolute Gasteiger partial charge is 0.493 e. The summed E-state index contributed by atoms with van der Waals surface area (Å²) >= 11 is 1.81. The molecule has 10 heteroatoms. The number of ether oxygens (including phenoxy) is 3. The second kappa shape index (κ2) is 8.93. The summed E-state index contributed by atoms with van der Waals surface area (Å²) < 4.78 is 18.3. The molecular formula is C26H30N2O6SSi. The molecule has 1 aromatic carbocycles. The summed E-state index contributed by atoms with van der Waals surface area (Å²) in [6.07, 6.45) is -0.537. The number of hydrogen-bond acceptors (Lipinski definition) is 8. The fourth-order valence-electron chi connectivity index (χ4n) is 4.92. The molecule has 8 nitrogen and oxygen atoms in total. The molecule has 2 aliphatic rings. The lowest BCUT2D eigenvalue weighted by Gasteiger charge is -2.21. The number of aliphatic hydroxyl groups is 1. The molecule has 2 aliphatic heterocycles. The summed E-state index contributed by atoms with van der Waals surface area (Å²) in [6, 6.07) is 3.63. The fraction of sp³-hybridized carbons (Fsp3) is 0.423. The SMILES string of the molecule is CCc1c(OC)c(OC)cc2nc3c(c(SC[Si](C)(C)C)c12)Cn1c-3cc2c(c1=O)OC(=O)C[C@H]2O. The number of thioether (sulfide) groups is 1. The Morgan fingerprint density at radius 2 is 1.97 bits per heavy atom. The monoisotopic (exact) mass is 526 g/mol. The highest BCUT2D eigenvalue weighted by Gasteiger charge is 2.35. The zero-order valence-corrected chi connectivity index (χ0v) is 23.2. The highest BCUT2D eigenvalue weighted by atomic mass is 32.2. The van der Waals surface area contributed by atoms with Gasteiger partial charge in [-0.25, -0.2) is 4.98 Å². The minimum atomic E-state index is -1.43. The Balaban J connectivity index is 1.83. The number of nitrogens with zero attached hydrogens (tertiary/aromatic N) is 2. The number of aromatic nitrogens is 2. The molecule has 3 aromatic rings. The van der Waals surface area contributed by atoms with Gasteiger partial charge in [-0.1, -0.05) is 26.6 Å². The Bertz CT molecular complexity index is 1480. The van der Waals surface area contributed by atoms with Crippen LogP contribution in [0, 0.1) is 0 Å². The van der Waals surface area contributed by atoms with Gasteiger partial charge in [0.15, 0.2) is 11.5 Å². The van der Waals surface area contributed by atoms with Crippen molar-refractivity contribution in [1.82, 2.24) is 9.55 Å². The third-order valence-corrected chi connectivity index (χ3v) is 11.3. The summed E-state index contributed by atoms with van der Waals surface area (Å²) in [6.45, 7) is 9.39. The summed E-state index contributed by atoms with van der Waals surface area (Å²) in [7, 11) is 1.83. The van der Waals surface area contributed by atoms with E-state index in [4.69, 9.17) is 19.2 Å². The lowest BCUT2D eigenvalue weighted by Crippen LogP contribution is -2.30. The molecule has 0 amide bonds. The highest BCUT2D eigenvalue weighted by Crippen LogP contribution is 2.47. The van der Waals surface area contributed by atoms with Gasteiger partial charge in [0.2, 0.25) is 5.75 Å². The topological polar surface area (TPSA) is 99.9 Å². The molecule has 0 aliphatic carbocycles. The van der Waals surface area contributed by atoms with Gasteiger partial charge in [0.25, 0.3) is 5.56 Å². The van der Waals surface area contributed by atoms with E-state index in [1.807, 2.05) is 17.8 Å². The zero-order chi connectivity index (χ0) is 25.9. The maximum Gasteiger partial charge on any atom is 0.314 e. The number of pyridine rings is 2. The van der Waals surface area contributed by atoms with Crippen molar-refractivity contribution >= 4 is 36.7 Å². The van der Waals surface area contributed by atoms with Crippen LogP contribution in [0.1, 0.15) is 36.1 Å². The van der Waals surface area contributed by atoms with Gasteiger partial charge < -0.3 is 19.3 Å². The van der Waals surface area contributed by atoms with Crippen LogP contribution >= 0.6 is 11.8 Å². The minimum absolute atomic E-state index is 0.0891. The average Bonchev–Trinajstić information content (AvgIpc) is 3.19. The molecule has 0 bridgehead atoms. The minimum Gasteiger partial charge on any atom is -0.493 e. The predicted octanol–water partition coefficient (Wildman–Crippen LogP) is 4.32. The van der Waals surface area contributed by atoms with Crippen molar-refractivity contribution in [3.05, 3.63) is 39.2 Å². The molecule has 4 heterocycles. The second-order valence-electron chi connectivity index (χ2n) is 10.4. The van der Waals surface area contributed by atoms with Gasteiger partial charge in [-0.05, 0) is 17.9 Å². The smallest absolute Gasteiger partial charge is 0.314 e. The maximum absolute atomic E-state index is 13.4. The van der Waals surface area contributed by atoms with Crippen LogP contribution in [-0.4, -0.2) is 48.3 Å². The molecule has 0 radical (unpaired) electrons. The van der Waals surface area contributed by atoms with Crippen LogP contribution < -0.4 is 19.8 Å². The van der Waals surface area contributed by atoms with Crippen molar-refractivity contribution in [3.8, 4) is 28.6 Å². The number of fused-ring (bicyclic) bond motifs is 5. The van der Waals surface area contributed by atoms with E-state index in [9.17, 15) is 14.7 Å². The Hall–Kier alpha value is -2.82. The molecule has 5 rings (SSSR count). The molecule has 0 spiro atoms. The van der Waals surface area contributed by atoms with Crippen LogP contribution in [-0.2, 0) is 17.8 Å². The molecule has 0 saturated heterocycles. The highest BCUT2D eigenvalue weighted by molar-refractivity contribution is 8.01. The van der Waals surface area contributed by atoms with Gasteiger partial charge in [0.05, 0.1) is 58.3 Å². The van der Waals surface area contributed by atoms with E-state index in [-0.39, 0.29) is 12.2 Å². The zero-order valence-electron chi connectivity index (χ0n) is 21.4. The first kappa shape index (κ1) is 24.9. The van der Waals surface area contributed by atoms with Crippen molar-refractivity contribution in [1.29, 1.82) is 0 Å². The number of aliphatic hydroxyl groups excluding tert-OH is 1. The van der Waals surface area contributed by atoms with Crippen molar-refractivity contribution in [2.45, 2.75) is 57.0 Å². The van der Waals surface area contributed by atoms with Gasteiger partial charge >= 0.3 is 5.97 Å². The van der Waals surface area contributed by atoms with E-state index < -0.39 is 25.7 Å². The standard InChI is InChI=1S/C26H30N2O6SSi/c1-7-13-21-16(9-19(32-2)23(13)33-3)27-22-15(25(21)35-12-36(4,5)6)11-28-17(22)8-14-18(29)10-20(30)34-24(14)26(28)31/h8-9,18,29H,7,10-12H2,1-6H3/t18-/m1/s1. The van der Waals surface area contributed by atoms with Crippen LogP contribution in [0.3, 0.4) is 0 Å². The Morgan fingerprint density at radius 1 is 1.22 bits per heavy atom. The first-order chi connectivity index (χ1) is 17.1. The first-order valence-electron chi connectivity index (χ1n) is 12.0. The molecule has 2 aromatic heterocycles. The number of methoxy groups -OCH3 is 2. The van der Waals surface area contributed by atoms with Crippen molar-refractivity contribution in [3.63, 3.8) is 0 Å². The summed E-state index contributed by atoms with van der Waals surface area (Å²) in [5, 5.41) is 12.5. The van der Waals surface area contributed by atoms with E-state index in [1.54, 1.807) is 24.9 Å². The number of carbonyl (C=O) groups is 1. The van der Waals surface area contributed by atoms with Crippen LogP contribution in [0.15, 0.2) is 21.8 Å². The van der Waals surface area contributed by atoms with Crippen LogP contribution in [0.25, 0.3) is 22.3 Å². The third kappa shape index (κ3) is 3.91. The number of hydrogen-bond donors (Lipinski definition) is 1. The quantitative estimate of drug-likeness (QED) is 0.225. The van der Waals surface area contributed by atoms with Gasteiger partial charge in [-0.3, -0.25) is 14.2 Å². The van der Waals surface area contributed by atoms with Crippen molar-refractivity contribution in [2.75, 3.05) is 19.6 Å². The molecule has 190 valence electrons. The van der Waals surface area contributed by atoms with Gasteiger partial charge in [-0.15, -0.1) is 11.8 Å². The summed E-state index contributed by atoms with van der Waals surface area (Å²) in [5.41, 5.74) is 3.99. The second-order valence-corrected chi connectivity index (χ2v) is 17.3. The predicted molar refractivity (Wildman–Crippen MR) is 142 cm³/mol. The number of carbonyl (C=O) groups excluding carboxylic acids is 1. The average molecular weight is 527 g/mol. The molecule has 0 saturated carbocycles. The normalized spacial score (nSPS) is 16.4. The van der Waals surface area contributed by atoms with Crippen molar-refractivity contribution in [2.24, 2.45) is 0 Å². The van der Waals surface area contributed by atoms with Gasteiger partial charge in [-0.2, -0.15) is 0 Å². The number of rotatable bonds is 6. The van der Waals surface area contributed by atoms with E-state index in [0.717, 1.165) is 38.7 Å². The van der Waals surface area contributed by atoms with Gasteiger partial charge in [0, 0.05) is 33.0 Å². The lowest BCUT2D eigenvalue weighted by atomic mass is 10.00. The number of benzene rings is 1. The van der Waals surface area contributed by atoms with E-state index >= 15 is 0 Å². The van der Waals surface area contributed by atoms with E-state index in [0.29, 0.717) is 35.0 Å². The third-order valence-electron chi connectivity index (χ3n) is 6.55. The van der Waals surface area contributed by atoms with Crippen LogP contribution in [0.2, 0.25) is 19.6 Å². The van der Waals surface area contributed by atoms with Crippen molar-refractivity contribution < 1.29 is 24.1 Å². The fourth-order valence-corrected chi connectivity index (χ4v) is 7.93. The van der Waals surface area contributed by atoms with E-state index in [2.05, 4.69) is 26.6 Å². The van der Waals surface area contributed by atoms with Crippen LogP contribution in [0.5, 0.6) is 17.2 Å². The Labute approximate surface area is 214 Å². The summed E-state index contributed by atoms with van der Waals surface area (Å²) in [4.78, 5) is 31.5. The Morgan fingerprint density at radius 3 is 2.61 bits per heavy atom. The van der Waals surface area contributed by atoms with E-state index in [1.165, 1.54) is 0 Å². The maximum atomic E-state index is 13.4. The van der Waals surface area contributed by atoms with Gasteiger partial charge in [0.1, 0.15) is 0 Å². The molecule has 1 N–H and O–H groups in total. The number of aryl methyl sites for hydroxylation is 1. The Kier molecular flexibility index (Phi) is 6.17. The number of esters is 1. The first-order valence-corrected chi connectivity index (χ1v) is 16.7. The molecule has 36 heavy (non-hydrogen) atoms. The molecular weight excluding hydrogens is 496 g/mol.